The molecule has 1 atom stereocenters. The second-order valence-electron chi connectivity index (χ2n) is 5.95. The van der Waals surface area contributed by atoms with Gasteiger partial charge in [0.2, 0.25) is 0 Å². The maximum Gasteiger partial charge on any atom is 0.194 e. The van der Waals surface area contributed by atoms with Crippen LogP contribution in [0.5, 0.6) is 0 Å². The topological polar surface area (TPSA) is 57.9 Å². The molecule has 118 valence electrons. The summed E-state index contributed by atoms with van der Waals surface area (Å²) in [6.07, 6.45) is 0. The van der Waals surface area contributed by atoms with Gasteiger partial charge >= 0.3 is 0 Å². The molecule has 25 heavy (non-hydrogen) atoms. The minimum Gasteiger partial charge on any atom is -0.289 e. The molecule has 0 bridgehead atoms. The van der Waals surface area contributed by atoms with Crippen LogP contribution >= 0.6 is 0 Å². The van der Waals surface area contributed by atoms with Gasteiger partial charge in [-0.3, -0.25) is 9.59 Å². The van der Waals surface area contributed by atoms with Gasteiger partial charge < -0.3 is 0 Å². The van der Waals surface area contributed by atoms with Gasteiger partial charge in [0, 0.05) is 22.3 Å². The van der Waals surface area contributed by atoms with Crippen LogP contribution < -0.4 is 0 Å². The van der Waals surface area contributed by atoms with Gasteiger partial charge in [0.05, 0.1) is 12.0 Å². The van der Waals surface area contributed by atoms with Crippen molar-refractivity contribution in [2.24, 2.45) is 0 Å². The zero-order valence-corrected chi connectivity index (χ0v) is 13.3. The minimum atomic E-state index is -0.599. The summed E-state index contributed by atoms with van der Waals surface area (Å²) in [6.45, 7) is 0. The molecule has 0 amide bonds. The van der Waals surface area contributed by atoms with E-state index in [4.69, 9.17) is 0 Å². The van der Waals surface area contributed by atoms with Crippen LogP contribution in [0.3, 0.4) is 0 Å². The van der Waals surface area contributed by atoms with Crippen molar-refractivity contribution in [2.45, 2.75) is 5.92 Å². The SMILES string of the molecule is N#CC(c1ccccc1)c1cccc2c1C(=O)c1ccccc1C2=O. The quantitative estimate of drug-likeness (QED) is 0.557. The highest BCUT2D eigenvalue weighted by Crippen LogP contribution is 2.34. The number of nitrogens with zero attached hydrogens (tertiary/aromatic N) is 1. The molecule has 0 aromatic heterocycles. The molecule has 4 rings (SSSR count). The van der Waals surface area contributed by atoms with Crippen LogP contribution in [0.4, 0.5) is 0 Å². The molecule has 0 radical (unpaired) electrons. The molecule has 0 spiro atoms. The summed E-state index contributed by atoms with van der Waals surface area (Å²) in [5.41, 5.74) is 2.93. The molecule has 0 saturated carbocycles. The van der Waals surface area contributed by atoms with E-state index in [2.05, 4.69) is 6.07 Å². The first-order valence-corrected chi connectivity index (χ1v) is 7.98. The normalized spacial score (nSPS) is 13.6. The van der Waals surface area contributed by atoms with Gasteiger partial charge in [-0.2, -0.15) is 5.26 Å². The number of hydrogen-bond donors (Lipinski definition) is 0. The van der Waals surface area contributed by atoms with E-state index in [-0.39, 0.29) is 11.6 Å². The van der Waals surface area contributed by atoms with E-state index in [1.165, 1.54) is 0 Å². The fourth-order valence-corrected chi connectivity index (χ4v) is 3.38. The van der Waals surface area contributed by atoms with Gasteiger partial charge in [-0.25, -0.2) is 0 Å². The minimum absolute atomic E-state index is 0.170. The molecule has 1 aliphatic rings. The van der Waals surface area contributed by atoms with Crippen molar-refractivity contribution in [1.82, 2.24) is 0 Å². The van der Waals surface area contributed by atoms with Crippen molar-refractivity contribution in [1.29, 1.82) is 5.26 Å². The average molecular weight is 323 g/mol. The Morgan fingerprint density at radius 2 is 1.28 bits per heavy atom. The van der Waals surface area contributed by atoms with Crippen LogP contribution in [0, 0.1) is 11.3 Å². The second-order valence-corrected chi connectivity index (χ2v) is 5.95. The Hall–Kier alpha value is -3.51. The molecule has 0 fully saturated rings. The highest BCUT2D eigenvalue weighted by molar-refractivity contribution is 6.29. The van der Waals surface area contributed by atoms with E-state index in [9.17, 15) is 14.9 Å². The molecule has 0 N–H and O–H groups in total. The highest BCUT2D eigenvalue weighted by Gasteiger charge is 2.33. The molecule has 3 aromatic carbocycles. The van der Waals surface area contributed by atoms with Crippen molar-refractivity contribution in [3.8, 4) is 6.07 Å². The zero-order valence-electron chi connectivity index (χ0n) is 13.3. The van der Waals surface area contributed by atoms with Crippen LogP contribution in [0.15, 0.2) is 72.8 Å². The third-order valence-corrected chi connectivity index (χ3v) is 4.56. The fraction of sp³-hybridized carbons (Fsp3) is 0.0455. The molecule has 1 aliphatic carbocycles. The number of carbonyl (C=O) groups excluding carboxylic acids is 2. The van der Waals surface area contributed by atoms with Gasteiger partial charge in [0.25, 0.3) is 0 Å². The molecular weight excluding hydrogens is 310 g/mol. The first kappa shape index (κ1) is 15.0. The summed E-state index contributed by atoms with van der Waals surface area (Å²) >= 11 is 0. The average Bonchev–Trinajstić information content (AvgIpc) is 2.67. The Balaban J connectivity index is 1.95. The summed E-state index contributed by atoms with van der Waals surface area (Å²) < 4.78 is 0. The highest BCUT2D eigenvalue weighted by atomic mass is 16.1. The molecule has 3 nitrogen and oxygen atoms in total. The molecule has 3 heteroatoms. The Labute approximate surface area is 145 Å². The van der Waals surface area contributed by atoms with Gasteiger partial charge in [0.1, 0.15) is 0 Å². The summed E-state index contributed by atoms with van der Waals surface area (Å²) in [5, 5.41) is 9.74. The Kier molecular flexibility index (Phi) is 3.52. The van der Waals surface area contributed by atoms with Crippen LogP contribution in [-0.2, 0) is 0 Å². The molecule has 1 unspecified atom stereocenters. The number of benzene rings is 3. The predicted octanol–water partition coefficient (Wildman–Crippen LogP) is 4.12. The van der Waals surface area contributed by atoms with Crippen LogP contribution in [-0.4, -0.2) is 11.6 Å². The summed E-state index contributed by atoms with van der Waals surface area (Å²) in [6, 6.07) is 23.6. The molecule has 3 aromatic rings. The molecule has 0 saturated heterocycles. The van der Waals surface area contributed by atoms with E-state index in [0.717, 1.165) is 5.56 Å². The second kappa shape index (κ2) is 5.85. The number of rotatable bonds is 2. The monoisotopic (exact) mass is 323 g/mol. The molecular formula is C22H13NO2. The van der Waals surface area contributed by atoms with Gasteiger partial charge in [-0.05, 0) is 11.1 Å². The standard InChI is InChI=1S/C22H13NO2/c23-13-19(14-7-2-1-3-8-14)15-11-6-12-18-20(15)22(25)17-10-5-4-9-16(17)21(18)24/h1-12,19H. The third-order valence-electron chi connectivity index (χ3n) is 4.56. The van der Waals surface area contributed by atoms with E-state index in [1.807, 2.05) is 30.3 Å². The smallest absolute Gasteiger partial charge is 0.194 e. The van der Waals surface area contributed by atoms with E-state index in [0.29, 0.717) is 27.8 Å². The lowest BCUT2D eigenvalue weighted by atomic mass is 9.78. The first-order chi connectivity index (χ1) is 12.2. The number of ketones is 2. The van der Waals surface area contributed by atoms with Gasteiger partial charge in [0.15, 0.2) is 11.6 Å². The lowest BCUT2D eigenvalue weighted by Crippen LogP contribution is -2.23. The van der Waals surface area contributed by atoms with Crippen LogP contribution in [0.1, 0.15) is 48.9 Å². The first-order valence-electron chi connectivity index (χ1n) is 7.98. The van der Waals surface area contributed by atoms with Crippen LogP contribution in [0.25, 0.3) is 0 Å². The van der Waals surface area contributed by atoms with Crippen LogP contribution in [0.2, 0.25) is 0 Å². The maximum atomic E-state index is 13.1. The Morgan fingerprint density at radius 3 is 1.96 bits per heavy atom. The van der Waals surface area contributed by atoms with Crippen molar-refractivity contribution in [3.63, 3.8) is 0 Å². The number of fused-ring (bicyclic) bond motifs is 2. The number of carbonyl (C=O) groups is 2. The third kappa shape index (κ3) is 2.28. The fourth-order valence-electron chi connectivity index (χ4n) is 3.38. The lowest BCUT2D eigenvalue weighted by Gasteiger charge is -2.22. The number of nitriles is 1. The number of hydrogen-bond acceptors (Lipinski definition) is 3. The van der Waals surface area contributed by atoms with Crippen molar-refractivity contribution in [2.75, 3.05) is 0 Å². The van der Waals surface area contributed by atoms with Gasteiger partial charge in [-0.1, -0.05) is 72.8 Å². The van der Waals surface area contributed by atoms with Crippen molar-refractivity contribution < 1.29 is 9.59 Å². The van der Waals surface area contributed by atoms with Crippen molar-refractivity contribution >= 4 is 11.6 Å². The lowest BCUT2D eigenvalue weighted by molar-refractivity contribution is 0.0978. The van der Waals surface area contributed by atoms with E-state index < -0.39 is 5.92 Å². The van der Waals surface area contributed by atoms with Gasteiger partial charge in [-0.15, -0.1) is 0 Å². The molecule has 0 aliphatic heterocycles. The zero-order chi connectivity index (χ0) is 17.4. The summed E-state index contributed by atoms with van der Waals surface area (Å²) in [4.78, 5) is 25.9. The molecule has 0 heterocycles. The van der Waals surface area contributed by atoms with Crippen molar-refractivity contribution in [3.05, 3.63) is 106 Å². The predicted molar refractivity (Wildman–Crippen MR) is 93.6 cm³/mol. The van der Waals surface area contributed by atoms with E-state index >= 15 is 0 Å². The Morgan fingerprint density at radius 1 is 0.680 bits per heavy atom. The summed E-state index contributed by atoms with van der Waals surface area (Å²) in [7, 11) is 0. The maximum absolute atomic E-state index is 13.1. The van der Waals surface area contributed by atoms with E-state index in [1.54, 1.807) is 42.5 Å². The largest absolute Gasteiger partial charge is 0.289 e. The Bertz CT molecular complexity index is 1050. The summed E-state index contributed by atoms with van der Waals surface area (Å²) in [5.74, 6) is -0.966.